The lowest BCUT2D eigenvalue weighted by molar-refractivity contribution is -0.0347. The second kappa shape index (κ2) is 7.61. The Balaban J connectivity index is 3.75. The summed E-state index contributed by atoms with van der Waals surface area (Å²) < 4.78 is 0. The lowest BCUT2D eigenvalue weighted by atomic mass is 10.2. The highest BCUT2D eigenvalue weighted by Gasteiger charge is 2.03. The van der Waals surface area contributed by atoms with Crippen molar-refractivity contribution >= 4 is 0 Å². The summed E-state index contributed by atoms with van der Waals surface area (Å²) in [6.45, 7) is 6.35. The molecule has 0 saturated heterocycles. The van der Waals surface area contributed by atoms with E-state index >= 15 is 0 Å². The van der Waals surface area contributed by atoms with Crippen molar-refractivity contribution in [1.29, 1.82) is 0 Å². The van der Waals surface area contributed by atoms with Gasteiger partial charge in [-0.25, -0.2) is 5.84 Å². The molecule has 0 aliphatic heterocycles. The molecule has 0 aliphatic rings. The van der Waals surface area contributed by atoms with Gasteiger partial charge in [0.05, 0.1) is 0 Å². The molecule has 0 aromatic carbocycles. The van der Waals surface area contributed by atoms with Crippen LogP contribution in [0.15, 0.2) is 11.9 Å². The molecule has 0 unspecified atom stereocenters. The van der Waals surface area contributed by atoms with E-state index in [2.05, 4.69) is 12.4 Å². The Labute approximate surface area is 86.0 Å². The van der Waals surface area contributed by atoms with Crippen molar-refractivity contribution in [2.24, 2.45) is 11.6 Å². The van der Waals surface area contributed by atoms with E-state index in [4.69, 9.17) is 16.4 Å². The predicted molar refractivity (Wildman–Crippen MR) is 57.4 cm³/mol. The van der Waals surface area contributed by atoms with Gasteiger partial charge in [0.1, 0.15) is 0 Å². The van der Waals surface area contributed by atoms with Gasteiger partial charge >= 0.3 is 0 Å². The van der Waals surface area contributed by atoms with Crippen molar-refractivity contribution in [3.63, 3.8) is 0 Å². The molecule has 5 heteroatoms. The second-order valence-corrected chi connectivity index (χ2v) is 3.42. The fourth-order valence-electron chi connectivity index (χ4n) is 0.935. The van der Waals surface area contributed by atoms with Crippen molar-refractivity contribution in [2.75, 3.05) is 6.73 Å². The Morgan fingerprint density at radius 3 is 2.64 bits per heavy atom. The highest BCUT2D eigenvalue weighted by atomic mass is 16.7. The molecule has 0 radical (unpaired) electrons. The normalized spacial score (nSPS) is 12.2. The van der Waals surface area contributed by atoms with E-state index in [1.54, 1.807) is 0 Å². The number of hydrogen-bond donors (Lipinski definition) is 3. The van der Waals surface area contributed by atoms with Crippen molar-refractivity contribution in [2.45, 2.75) is 39.7 Å². The third kappa shape index (κ3) is 5.80. The number of nitrogens with two attached hydrogens (primary N) is 2. The zero-order chi connectivity index (χ0) is 11.0. The average molecular weight is 202 g/mol. The Morgan fingerprint density at radius 1 is 1.57 bits per heavy atom. The minimum atomic E-state index is 0.278. The number of hydroxylamine groups is 1. The Bertz CT molecular complexity index is 170. The summed E-state index contributed by atoms with van der Waals surface area (Å²) in [5.41, 5.74) is 9.13. The molecule has 5 nitrogen and oxygen atoms in total. The van der Waals surface area contributed by atoms with Gasteiger partial charge in [0, 0.05) is 17.9 Å². The molecule has 0 aromatic rings. The highest BCUT2D eigenvalue weighted by molar-refractivity contribution is 4.95. The van der Waals surface area contributed by atoms with Crippen LogP contribution in [0, 0.1) is 0 Å². The van der Waals surface area contributed by atoms with Crippen LogP contribution in [0.4, 0.5) is 0 Å². The lowest BCUT2D eigenvalue weighted by Crippen LogP contribution is -2.37. The predicted octanol–water partition coefficient (Wildman–Crippen LogP) is 0.649. The number of rotatable bonds is 7. The first-order chi connectivity index (χ1) is 6.61. The quantitative estimate of drug-likeness (QED) is 0.321. The van der Waals surface area contributed by atoms with Crippen molar-refractivity contribution in [3.8, 4) is 0 Å². The van der Waals surface area contributed by atoms with E-state index in [1.165, 1.54) is 11.2 Å². The first-order valence-electron chi connectivity index (χ1n) is 4.92. The molecule has 0 aliphatic carbocycles. The Hall–Kier alpha value is -0.780. The summed E-state index contributed by atoms with van der Waals surface area (Å²) in [5.74, 6) is 5.72. The maximum absolute atomic E-state index is 5.72. The zero-order valence-corrected chi connectivity index (χ0v) is 9.29. The van der Waals surface area contributed by atoms with Crippen LogP contribution in [0.25, 0.3) is 0 Å². The van der Waals surface area contributed by atoms with Crippen LogP contribution in [-0.2, 0) is 4.84 Å². The summed E-state index contributed by atoms with van der Waals surface area (Å²) in [5, 5.41) is 1.50. The van der Waals surface area contributed by atoms with Gasteiger partial charge < -0.3 is 5.73 Å². The number of allylic oxidation sites excluding steroid dienone is 1. The van der Waals surface area contributed by atoms with Crippen LogP contribution in [-0.4, -0.2) is 17.8 Å². The van der Waals surface area contributed by atoms with Crippen molar-refractivity contribution in [3.05, 3.63) is 11.9 Å². The topological polar surface area (TPSA) is 76.5 Å². The standard InChI is InChI=1S/C9H22N4O/c1-4-5-9(6-10)13(11)7-14-12-8(2)3/h6,8,12H,4-5,7,10-11H2,1-3H3/b9-6-. The van der Waals surface area contributed by atoms with E-state index in [0.717, 1.165) is 18.5 Å². The Kier molecular flexibility index (Phi) is 7.18. The maximum Gasteiger partial charge on any atom is 0.153 e. The molecular weight excluding hydrogens is 180 g/mol. The summed E-state index contributed by atoms with van der Waals surface area (Å²) in [4.78, 5) is 5.14. The van der Waals surface area contributed by atoms with Crippen LogP contribution in [0.5, 0.6) is 0 Å². The van der Waals surface area contributed by atoms with E-state index in [0.29, 0.717) is 6.73 Å². The third-order valence-corrected chi connectivity index (χ3v) is 1.59. The molecule has 0 heterocycles. The van der Waals surface area contributed by atoms with E-state index in [9.17, 15) is 0 Å². The molecule has 0 aromatic heterocycles. The molecule has 0 rings (SSSR count). The molecule has 0 saturated carbocycles. The maximum atomic E-state index is 5.72. The van der Waals surface area contributed by atoms with Crippen molar-refractivity contribution < 1.29 is 4.84 Å². The minimum absolute atomic E-state index is 0.278. The fourth-order valence-corrected chi connectivity index (χ4v) is 0.935. The summed E-state index contributed by atoms with van der Waals surface area (Å²) in [7, 11) is 0. The van der Waals surface area contributed by atoms with Gasteiger partial charge in [-0.2, -0.15) is 5.48 Å². The van der Waals surface area contributed by atoms with Crippen LogP contribution in [0.1, 0.15) is 33.6 Å². The fraction of sp³-hybridized carbons (Fsp3) is 0.778. The summed E-state index contributed by atoms with van der Waals surface area (Å²) in [6, 6.07) is 0.278. The van der Waals surface area contributed by atoms with Gasteiger partial charge in [-0.3, -0.25) is 9.85 Å². The third-order valence-electron chi connectivity index (χ3n) is 1.59. The highest BCUT2D eigenvalue weighted by Crippen LogP contribution is 2.05. The smallest absolute Gasteiger partial charge is 0.153 e. The number of nitrogens with one attached hydrogen (secondary N) is 1. The molecule has 0 atom stereocenters. The van der Waals surface area contributed by atoms with Gasteiger partial charge in [-0.15, -0.1) is 0 Å². The molecular formula is C9H22N4O. The molecule has 0 spiro atoms. The zero-order valence-electron chi connectivity index (χ0n) is 9.29. The molecule has 14 heavy (non-hydrogen) atoms. The van der Waals surface area contributed by atoms with Gasteiger partial charge in [0.25, 0.3) is 0 Å². The number of hydrazine groups is 1. The molecule has 0 amide bonds. The van der Waals surface area contributed by atoms with Crippen LogP contribution in [0.3, 0.4) is 0 Å². The molecule has 0 fully saturated rings. The van der Waals surface area contributed by atoms with E-state index in [-0.39, 0.29) is 6.04 Å². The van der Waals surface area contributed by atoms with E-state index < -0.39 is 0 Å². The molecule has 0 bridgehead atoms. The first-order valence-corrected chi connectivity index (χ1v) is 4.92. The summed E-state index contributed by atoms with van der Waals surface area (Å²) >= 11 is 0. The number of hydrogen-bond acceptors (Lipinski definition) is 5. The largest absolute Gasteiger partial charge is 0.403 e. The van der Waals surface area contributed by atoms with E-state index in [1.807, 2.05) is 13.8 Å². The van der Waals surface area contributed by atoms with Gasteiger partial charge in [-0.05, 0) is 20.3 Å². The van der Waals surface area contributed by atoms with Gasteiger partial charge in [0.15, 0.2) is 6.73 Å². The van der Waals surface area contributed by atoms with Gasteiger partial charge in [-0.1, -0.05) is 13.3 Å². The lowest BCUT2D eigenvalue weighted by Gasteiger charge is -2.21. The second-order valence-electron chi connectivity index (χ2n) is 3.42. The SMILES string of the molecule is CCC/C(=C/N)N(N)CONC(C)C. The van der Waals surface area contributed by atoms with Gasteiger partial charge in [0.2, 0.25) is 0 Å². The van der Waals surface area contributed by atoms with Crippen LogP contribution >= 0.6 is 0 Å². The van der Waals surface area contributed by atoms with Crippen LogP contribution < -0.4 is 17.1 Å². The minimum Gasteiger partial charge on any atom is -0.403 e. The Morgan fingerprint density at radius 2 is 2.21 bits per heavy atom. The van der Waals surface area contributed by atoms with Crippen molar-refractivity contribution in [1.82, 2.24) is 10.5 Å². The monoisotopic (exact) mass is 202 g/mol. The number of nitrogens with zero attached hydrogens (tertiary/aromatic N) is 1. The van der Waals surface area contributed by atoms with Crippen LogP contribution in [0.2, 0.25) is 0 Å². The average Bonchev–Trinajstić information content (AvgIpc) is 2.13. The first kappa shape index (κ1) is 13.2. The summed E-state index contributed by atoms with van der Waals surface area (Å²) in [6.07, 6.45) is 3.38. The molecule has 84 valence electrons. The molecule has 5 N–H and O–H groups in total.